The molecule has 1 fully saturated rings. The Morgan fingerprint density at radius 1 is 1.64 bits per heavy atom. The van der Waals surface area contributed by atoms with Gasteiger partial charge in [0.1, 0.15) is 0 Å². The third-order valence-electron chi connectivity index (χ3n) is 2.84. The van der Waals surface area contributed by atoms with Crippen molar-refractivity contribution in [3.63, 3.8) is 0 Å². The van der Waals surface area contributed by atoms with Gasteiger partial charge in [0.15, 0.2) is 0 Å². The first-order valence-electron chi connectivity index (χ1n) is 4.99. The molecule has 78 valence electrons. The van der Waals surface area contributed by atoms with Crippen molar-refractivity contribution in [1.29, 1.82) is 0 Å². The van der Waals surface area contributed by atoms with Gasteiger partial charge < -0.3 is 4.90 Å². The molecule has 0 heterocycles. The van der Waals surface area contributed by atoms with E-state index in [0.29, 0.717) is 19.5 Å². The van der Waals surface area contributed by atoms with Crippen LogP contribution in [0.2, 0.25) is 0 Å². The van der Waals surface area contributed by atoms with Crippen LogP contribution >= 0.6 is 12.6 Å². The van der Waals surface area contributed by atoms with Gasteiger partial charge in [0, 0.05) is 13.0 Å². The number of hydrogen-bond acceptors (Lipinski definition) is 2. The van der Waals surface area contributed by atoms with Crippen LogP contribution in [-0.4, -0.2) is 29.6 Å². The molecule has 0 N–H and O–H groups in total. The molecule has 0 spiro atoms. The molecule has 0 aromatic carbocycles. The van der Waals surface area contributed by atoms with E-state index in [2.05, 4.69) is 18.5 Å². The minimum absolute atomic E-state index is 0.178. The van der Waals surface area contributed by atoms with Gasteiger partial charge in [-0.05, 0) is 30.9 Å². The second-order valence-electron chi connectivity index (χ2n) is 3.95. The normalized spacial score (nSPS) is 17.2. The van der Waals surface area contributed by atoms with Crippen LogP contribution in [0.15, 0.2) is 0 Å². The lowest BCUT2D eigenvalue weighted by Crippen LogP contribution is -2.33. The zero-order valence-corrected chi connectivity index (χ0v) is 9.52. The van der Waals surface area contributed by atoms with Crippen molar-refractivity contribution >= 4 is 18.5 Å². The van der Waals surface area contributed by atoms with Crippen molar-refractivity contribution in [3.05, 3.63) is 0 Å². The second-order valence-corrected chi connectivity index (χ2v) is 4.26. The van der Waals surface area contributed by atoms with Gasteiger partial charge in [0.25, 0.3) is 0 Å². The number of nitrogens with zero attached hydrogens (tertiary/aromatic N) is 1. The highest BCUT2D eigenvalue weighted by molar-refractivity contribution is 7.80. The van der Waals surface area contributed by atoms with Crippen LogP contribution in [0.25, 0.3) is 0 Å². The zero-order valence-electron chi connectivity index (χ0n) is 8.62. The zero-order chi connectivity index (χ0) is 10.6. The van der Waals surface area contributed by atoms with E-state index in [1.54, 1.807) is 4.90 Å². The van der Waals surface area contributed by atoms with E-state index < -0.39 is 0 Å². The Balaban J connectivity index is 2.44. The number of amides is 1. The molecule has 1 rings (SSSR count). The first-order valence-corrected chi connectivity index (χ1v) is 5.63. The molecule has 1 saturated carbocycles. The summed E-state index contributed by atoms with van der Waals surface area (Å²) in [5, 5.41) is 0. The molecule has 0 bridgehead atoms. The van der Waals surface area contributed by atoms with Gasteiger partial charge in [0.2, 0.25) is 5.91 Å². The van der Waals surface area contributed by atoms with Gasteiger partial charge in [-0.2, -0.15) is 12.6 Å². The fourth-order valence-corrected chi connectivity index (χ4v) is 1.91. The highest BCUT2D eigenvalue weighted by Crippen LogP contribution is 2.49. The van der Waals surface area contributed by atoms with Crippen LogP contribution in [-0.2, 0) is 4.79 Å². The Kier molecular flexibility index (Phi) is 3.88. The summed E-state index contributed by atoms with van der Waals surface area (Å²) in [6.07, 6.45) is 8.08. The van der Waals surface area contributed by atoms with Gasteiger partial charge in [-0.25, -0.2) is 0 Å². The molecule has 0 aliphatic heterocycles. The molecule has 3 heteroatoms. The molecule has 0 atom stereocenters. The standard InChI is InChI=1S/C11H17NOS/c1-3-7-12(4-2)10(13)8-11(9-14)5-6-11/h1,14H,4-9H2,2H3. The number of thiol groups is 1. The number of hydrogen-bond donors (Lipinski definition) is 1. The van der Waals surface area contributed by atoms with E-state index in [-0.39, 0.29) is 11.3 Å². The molecule has 0 aromatic heterocycles. The fraction of sp³-hybridized carbons (Fsp3) is 0.727. The molecule has 14 heavy (non-hydrogen) atoms. The first-order chi connectivity index (χ1) is 6.67. The van der Waals surface area contributed by atoms with Gasteiger partial charge in [0.05, 0.1) is 6.54 Å². The van der Waals surface area contributed by atoms with Gasteiger partial charge in [-0.1, -0.05) is 5.92 Å². The third-order valence-corrected chi connectivity index (χ3v) is 3.51. The number of rotatable bonds is 5. The van der Waals surface area contributed by atoms with Crippen LogP contribution in [0.4, 0.5) is 0 Å². The lowest BCUT2D eigenvalue weighted by molar-refractivity contribution is -0.131. The van der Waals surface area contributed by atoms with Gasteiger partial charge in [-0.15, -0.1) is 6.42 Å². The summed E-state index contributed by atoms with van der Waals surface area (Å²) in [5.41, 5.74) is 0.197. The molecule has 0 unspecified atom stereocenters. The van der Waals surface area contributed by atoms with Crippen LogP contribution in [0.1, 0.15) is 26.2 Å². The topological polar surface area (TPSA) is 20.3 Å². The van der Waals surface area contributed by atoms with Gasteiger partial charge in [-0.3, -0.25) is 4.79 Å². The Morgan fingerprint density at radius 3 is 2.64 bits per heavy atom. The van der Waals surface area contributed by atoms with Crippen molar-refractivity contribution in [3.8, 4) is 12.3 Å². The van der Waals surface area contributed by atoms with Crippen molar-refractivity contribution in [2.75, 3.05) is 18.8 Å². The smallest absolute Gasteiger partial charge is 0.223 e. The van der Waals surface area contributed by atoms with Crippen molar-refractivity contribution in [1.82, 2.24) is 4.90 Å². The first kappa shape index (κ1) is 11.5. The third kappa shape index (κ3) is 2.68. The maximum absolute atomic E-state index is 11.8. The SMILES string of the molecule is C#CCN(CC)C(=O)CC1(CS)CC1. The van der Waals surface area contributed by atoms with Crippen LogP contribution < -0.4 is 0 Å². The number of carbonyl (C=O) groups is 1. The van der Waals surface area contributed by atoms with Crippen molar-refractivity contribution in [2.45, 2.75) is 26.2 Å². The summed E-state index contributed by atoms with van der Waals surface area (Å²) in [6.45, 7) is 3.08. The summed E-state index contributed by atoms with van der Waals surface area (Å²) < 4.78 is 0. The second kappa shape index (κ2) is 4.75. The fourth-order valence-electron chi connectivity index (χ4n) is 1.49. The van der Waals surface area contributed by atoms with E-state index in [9.17, 15) is 4.79 Å². The van der Waals surface area contributed by atoms with Crippen molar-refractivity contribution < 1.29 is 4.79 Å². The van der Waals surface area contributed by atoms with Crippen molar-refractivity contribution in [2.24, 2.45) is 5.41 Å². The van der Waals surface area contributed by atoms with E-state index in [0.717, 1.165) is 18.6 Å². The highest BCUT2D eigenvalue weighted by atomic mass is 32.1. The lowest BCUT2D eigenvalue weighted by atomic mass is 10.0. The van der Waals surface area contributed by atoms with Gasteiger partial charge >= 0.3 is 0 Å². The summed E-state index contributed by atoms with van der Waals surface area (Å²) in [5.74, 6) is 3.50. The van der Waals surface area contributed by atoms with Crippen LogP contribution in [0.3, 0.4) is 0 Å². The summed E-state index contributed by atoms with van der Waals surface area (Å²) in [7, 11) is 0. The Labute approximate surface area is 91.5 Å². The maximum atomic E-state index is 11.8. The van der Waals surface area contributed by atoms with E-state index >= 15 is 0 Å². The number of terminal acetylenes is 1. The summed E-state index contributed by atoms with van der Waals surface area (Å²) >= 11 is 4.28. The quantitative estimate of drug-likeness (QED) is 0.540. The average molecular weight is 211 g/mol. The predicted octanol–water partition coefficient (Wildman–Crippen LogP) is 1.57. The maximum Gasteiger partial charge on any atom is 0.223 e. The highest BCUT2D eigenvalue weighted by Gasteiger charge is 2.43. The molecule has 1 amide bonds. The summed E-state index contributed by atoms with van der Waals surface area (Å²) in [4.78, 5) is 13.5. The summed E-state index contributed by atoms with van der Waals surface area (Å²) in [6, 6.07) is 0. The van der Waals surface area contributed by atoms with Crippen LogP contribution in [0, 0.1) is 17.8 Å². The number of carbonyl (C=O) groups excluding carboxylic acids is 1. The van der Waals surface area contributed by atoms with E-state index in [1.807, 2.05) is 6.92 Å². The Morgan fingerprint density at radius 2 is 2.29 bits per heavy atom. The molecule has 0 aromatic rings. The minimum Gasteiger partial charge on any atom is -0.332 e. The Hall–Kier alpha value is -0.620. The van der Waals surface area contributed by atoms with E-state index in [1.165, 1.54) is 0 Å². The average Bonchev–Trinajstić information content (AvgIpc) is 2.94. The monoisotopic (exact) mass is 211 g/mol. The minimum atomic E-state index is 0.178. The largest absolute Gasteiger partial charge is 0.332 e. The van der Waals surface area contributed by atoms with Crippen LogP contribution in [0.5, 0.6) is 0 Å². The molecule has 0 radical (unpaired) electrons. The molecule has 1 aliphatic carbocycles. The molecule has 2 nitrogen and oxygen atoms in total. The Bertz CT molecular complexity index is 253. The molecule has 1 aliphatic rings. The lowest BCUT2D eigenvalue weighted by Gasteiger charge is -2.20. The van der Waals surface area contributed by atoms with E-state index in [4.69, 9.17) is 6.42 Å². The molecular weight excluding hydrogens is 194 g/mol. The predicted molar refractivity (Wildman–Crippen MR) is 61.2 cm³/mol. The molecule has 0 saturated heterocycles. The molecular formula is C11H17NOS.